The predicted molar refractivity (Wildman–Crippen MR) is 132 cm³/mol. The van der Waals surface area contributed by atoms with E-state index in [1.165, 1.54) is 0 Å². The van der Waals surface area contributed by atoms with Gasteiger partial charge in [-0.2, -0.15) is 0 Å². The van der Waals surface area contributed by atoms with Gasteiger partial charge in [-0.05, 0) is 31.5 Å². The lowest BCUT2D eigenvalue weighted by molar-refractivity contribution is 0.790. The molecule has 0 aliphatic rings. The monoisotopic (exact) mass is 461 g/mol. The van der Waals surface area contributed by atoms with Gasteiger partial charge in [0.05, 0.1) is 39.2 Å². The first kappa shape index (κ1) is 21.0. The maximum atomic E-state index is 13.2. The molecule has 0 aliphatic carbocycles. The number of rotatable bonds is 8. The van der Waals surface area contributed by atoms with Gasteiger partial charge in [-0.15, -0.1) is 11.3 Å². The van der Waals surface area contributed by atoms with Gasteiger partial charge in [0, 0.05) is 31.5 Å². The summed E-state index contributed by atoms with van der Waals surface area (Å²) in [6, 6.07) is 5.32. The Hall–Kier alpha value is -3.83. The molecule has 5 heterocycles. The van der Waals surface area contributed by atoms with Crippen LogP contribution in [-0.2, 0) is 0 Å². The molecule has 10 nitrogen and oxygen atoms in total. The first-order chi connectivity index (χ1) is 16.1. The summed E-state index contributed by atoms with van der Waals surface area (Å²) >= 11 is 1.55. The van der Waals surface area contributed by atoms with E-state index < -0.39 is 0 Å². The number of fused-ring (bicyclic) bond motifs is 2. The third kappa shape index (κ3) is 4.15. The summed E-state index contributed by atoms with van der Waals surface area (Å²) in [6.45, 7) is 3.53. The largest absolute Gasteiger partial charge is 0.373 e. The Kier molecular flexibility index (Phi) is 5.71. The molecule has 0 saturated carbocycles. The van der Waals surface area contributed by atoms with Gasteiger partial charge < -0.3 is 25.9 Å². The van der Waals surface area contributed by atoms with Crippen LogP contribution >= 0.6 is 11.3 Å². The summed E-state index contributed by atoms with van der Waals surface area (Å²) < 4.78 is 0.931. The average Bonchev–Trinajstić information content (AvgIpc) is 3.46. The van der Waals surface area contributed by atoms with Crippen LogP contribution in [0.2, 0.25) is 0 Å². The molecule has 5 N–H and O–H groups in total. The molecular formula is C22H23N9OS. The van der Waals surface area contributed by atoms with Gasteiger partial charge in [0.15, 0.2) is 0 Å². The number of nitrogens with one attached hydrogen (secondary N) is 5. The van der Waals surface area contributed by atoms with Crippen molar-refractivity contribution in [3.8, 4) is 11.4 Å². The molecule has 1 unspecified atom stereocenters. The maximum absolute atomic E-state index is 13.2. The van der Waals surface area contributed by atoms with Crippen LogP contribution in [0, 0.1) is 0 Å². The Morgan fingerprint density at radius 2 is 1.97 bits per heavy atom. The molecule has 0 spiro atoms. The van der Waals surface area contributed by atoms with Crippen LogP contribution in [0.1, 0.15) is 18.8 Å². The molecule has 33 heavy (non-hydrogen) atoms. The zero-order valence-electron chi connectivity index (χ0n) is 18.1. The van der Waals surface area contributed by atoms with E-state index in [0.717, 1.165) is 40.2 Å². The summed E-state index contributed by atoms with van der Waals surface area (Å²) in [5.41, 5.74) is 3.15. The lowest BCUT2D eigenvalue weighted by Gasteiger charge is -2.16. The average molecular weight is 462 g/mol. The number of hydrogen-bond donors (Lipinski definition) is 5. The van der Waals surface area contributed by atoms with Crippen LogP contribution < -0.4 is 21.5 Å². The van der Waals surface area contributed by atoms with Crippen molar-refractivity contribution in [2.75, 3.05) is 30.8 Å². The van der Waals surface area contributed by atoms with Crippen molar-refractivity contribution in [2.24, 2.45) is 0 Å². The first-order valence-electron chi connectivity index (χ1n) is 10.6. The highest BCUT2D eigenvalue weighted by Crippen LogP contribution is 2.35. The molecule has 1 atom stereocenters. The molecule has 5 rings (SSSR count). The smallest absolute Gasteiger partial charge is 0.261 e. The molecule has 0 aromatic carbocycles. The van der Waals surface area contributed by atoms with Gasteiger partial charge in [-0.3, -0.25) is 4.79 Å². The van der Waals surface area contributed by atoms with Crippen molar-refractivity contribution in [1.29, 1.82) is 0 Å². The van der Waals surface area contributed by atoms with Gasteiger partial charge in [-0.25, -0.2) is 19.9 Å². The molecule has 0 fully saturated rings. The standard InChI is InChI=1S/C22H23N9OS/c1-12(20-25-5-3-6-26-20)28-18-17(22(32)31-13-4-9-33-19(13)18)21-29-14-10-16(24-8-7-23-2)27-11-15(14)30-21/h3-6,9-12,23H,7-8H2,1-2H3,(H,24,27)(H,29,30)(H2,28,31,32). The topological polar surface area (TPSA) is 136 Å². The van der Waals surface area contributed by atoms with Crippen LogP contribution in [0.15, 0.2) is 47.0 Å². The Labute approximate surface area is 192 Å². The lowest BCUT2D eigenvalue weighted by atomic mass is 10.1. The van der Waals surface area contributed by atoms with Crippen molar-refractivity contribution >= 4 is 44.1 Å². The van der Waals surface area contributed by atoms with Crippen molar-refractivity contribution in [2.45, 2.75) is 13.0 Å². The normalized spacial score (nSPS) is 12.3. The highest BCUT2D eigenvalue weighted by molar-refractivity contribution is 7.17. The van der Waals surface area contributed by atoms with E-state index in [9.17, 15) is 4.79 Å². The molecule has 0 bridgehead atoms. The van der Waals surface area contributed by atoms with E-state index in [-0.39, 0.29) is 11.6 Å². The molecule has 0 amide bonds. The van der Waals surface area contributed by atoms with Crippen molar-refractivity contribution in [3.05, 3.63) is 58.3 Å². The van der Waals surface area contributed by atoms with Crippen LogP contribution in [0.5, 0.6) is 0 Å². The van der Waals surface area contributed by atoms with E-state index in [0.29, 0.717) is 22.9 Å². The summed E-state index contributed by atoms with van der Waals surface area (Å²) in [5, 5.41) is 11.7. The highest BCUT2D eigenvalue weighted by atomic mass is 32.1. The second-order valence-electron chi connectivity index (χ2n) is 7.54. The van der Waals surface area contributed by atoms with E-state index in [2.05, 4.69) is 40.9 Å². The van der Waals surface area contributed by atoms with E-state index >= 15 is 0 Å². The lowest BCUT2D eigenvalue weighted by Crippen LogP contribution is -2.18. The minimum Gasteiger partial charge on any atom is -0.373 e. The number of aromatic nitrogens is 6. The van der Waals surface area contributed by atoms with E-state index in [1.807, 2.05) is 31.5 Å². The Bertz CT molecular complexity index is 1460. The number of aromatic amines is 2. The minimum atomic E-state index is -0.232. The van der Waals surface area contributed by atoms with Gasteiger partial charge in [0.25, 0.3) is 5.56 Å². The SMILES string of the molecule is CNCCNc1cc2nc(-c3c(NC(C)c4ncccn4)c4sccc4[nH]c3=O)[nH]c2cn1. The quantitative estimate of drug-likeness (QED) is 0.222. The molecule has 0 saturated heterocycles. The zero-order chi connectivity index (χ0) is 22.8. The highest BCUT2D eigenvalue weighted by Gasteiger charge is 2.21. The molecule has 0 radical (unpaired) electrons. The maximum Gasteiger partial charge on any atom is 0.261 e. The van der Waals surface area contributed by atoms with E-state index in [4.69, 9.17) is 4.98 Å². The first-order valence-corrected chi connectivity index (χ1v) is 11.4. The fourth-order valence-corrected chi connectivity index (χ4v) is 4.50. The summed E-state index contributed by atoms with van der Waals surface area (Å²) in [6.07, 6.45) is 5.13. The van der Waals surface area contributed by atoms with Gasteiger partial charge in [0.2, 0.25) is 0 Å². The fourth-order valence-electron chi connectivity index (χ4n) is 3.63. The number of thiophene rings is 1. The molecule has 0 aliphatic heterocycles. The minimum absolute atomic E-state index is 0.217. The number of hydrogen-bond acceptors (Lipinski definition) is 9. The third-order valence-electron chi connectivity index (χ3n) is 5.24. The third-order valence-corrected chi connectivity index (χ3v) is 6.17. The summed E-state index contributed by atoms with van der Waals surface area (Å²) in [5.74, 6) is 1.84. The second kappa shape index (κ2) is 8.96. The Morgan fingerprint density at radius 3 is 2.79 bits per heavy atom. The van der Waals surface area contributed by atoms with Gasteiger partial charge in [-0.1, -0.05) is 0 Å². The van der Waals surface area contributed by atoms with Gasteiger partial charge >= 0.3 is 0 Å². The number of likely N-dealkylation sites (N-methyl/N-ethyl adjacent to an activating group) is 1. The van der Waals surface area contributed by atoms with Crippen LogP contribution in [0.25, 0.3) is 32.6 Å². The number of imidazole rings is 1. The number of anilines is 2. The van der Waals surface area contributed by atoms with Crippen LogP contribution in [0.4, 0.5) is 11.5 Å². The molecule has 11 heteroatoms. The van der Waals surface area contributed by atoms with Crippen LogP contribution in [-0.4, -0.2) is 50.0 Å². The molecule has 168 valence electrons. The molecule has 5 aromatic rings. The zero-order valence-corrected chi connectivity index (χ0v) is 19.0. The fraction of sp³-hybridized carbons (Fsp3) is 0.227. The van der Waals surface area contributed by atoms with Crippen LogP contribution in [0.3, 0.4) is 0 Å². The van der Waals surface area contributed by atoms with E-state index in [1.54, 1.807) is 36.0 Å². The number of H-pyrrole nitrogens is 2. The van der Waals surface area contributed by atoms with Crippen molar-refractivity contribution < 1.29 is 0 Å². The predicted octanol–water partition coefficient (Wildman–Crippen LogP) is 3.12. The van der Waals surface area contributed by atoms with Crippen molar-refractivity contribution in [1.82, 2.24) is 35.2 Å². The Balaban J connectivity index is 1.59. The number of nitrogens with zero attached hydrogens (tertiary/aromatic N) is 4. The summed E-state index contributed by atoms with van der Waals surface area (Å²) in [7, 11) is 1.90. The number of pyridine rings is 2. The second-order valence-corrected chi connectivity index (χ2v) is 8.46. The Morgan fingerprint density at radius 1 is 1.12 bits per heavy atom. The van der Waals surface area contributed by atoms with Gasteiger partial charge in [0.1, 0.15) is 23.0 Å². The summed E-state index contributed by atoms with van der Waals surface area (Å²) in [4.78, 5) is 37.2. The molecule has 5 aromatic heterocycles. The molecular weight excluding hydrogens is 438 g/mol. The van der Waals surface area contributed by atoms with Crippen molar-refractivity contribution in [3.63, 3.8) is 0 Å².